The first-order chi connectivity index (χ1) is 6.83. The second-order valence-corrected chi connectivity index (χ2v) is 4.74. The third-order valence-corrected chi connectivity index (χ3v) is 3.27. The Morgan fingerprint density at radius 3 is 2.43 bits per heavy atom. The zero-order chi connectivity index (χ0) is 10.3. The van der Waals surface area contributed by atoms with Crippen molar-refractivity contribution in [3.63, 3.8) is 0 Å². The number of unbranched alkanes of at least 4 members (excludes halogenated alkanes) is 1. The molecule has 0 heterocycles. The maximum Gasteiger partial charge on any atom is 0.000781 e. The summed E-state index contributed by atoms with van der Waals surface area (Å²) in [5, 5.41) is 6.78. The molecule has 0 atom stereocenters. The lowest BCUT2D eigenvalue weighted by Gasteiger charge is -2.14. The van der Waals surface area contributed by atoms with Gasteiger partial charge in [-0.3, -0.25) is 0 Å². The number of hydrogen-bond donors (Lipinski definition) is 2. The molecule has 1 aliphatic carbocycles. The molecular weight excluding hydrogens is 172 g/mol. The highest BCUT2D eigenvalue weighted by Gasteiger charge is 2.40. The van der Waals surface area contributed by atoms with E-state index in [2.05, 4.69) is 17.6 Å². The van der Waals surface area contributed by atoms with Gasteiger partial charge in [-0.2, -0.15) is 0 Å². The second-order valence-electron chi connectivity index (χ2n) is 4.74. The largest absolute Gasteiger partial charge is 0.320 e. The van der Waals surface area contributed by atoms with Gasteiger partial charge in [0.1, 0.15) is 0 Å². The van der Waals surface area contributed by atoms with Crippen LogP contribution in [0.2, 0.25) is 0 Å². The van der Waals surface area contributed by atoms with E-state index in [1.807, 2.05) is 7.05 Å². The fraction of sp³-hybridized carbons (Fsp3) is 1.00. The number of nitrogens with one attached hydrogen (secondary N) is 2. The highest BCUT2D eigenvalue weighted by molar-refractivity contribution is 4.94. The first-order valence-corrected chi connectivity index (χ1v) is 6.18. The fourth-order valence-electron chi connectivity index (χ4n) is 2.13. The van der Waals surface area contributed by atoms with Gasteiger partial charge in [-0.1, -0.05) is 13.3 Å². The molecule has 0 spiro atoms. The van der Waals surface area contributed by atoms with E-state index in [1.54, 1.807) is 0 Å². The van der Waals surface area contributed by atoms with Crippen molar-refractivity contribution in [3.8, 4) is 0 Å². The van der Waals surface area contributed by atoms with Gasteiger partial charge in [0.05, 0.1) is 0 Å². The molecule has 1 fully saturated rings. The molecule has 1 aliphatic rings. The molecule has 2 heteroatoms. The van der Waals surface area contributed by atoms with Gasteiger partial charge in [-0.25, -0.2) is 0 Å². The topological polar surface area (TPSA) is 24.1 Å². The first kappa shape index (κ1) is 12.0. The lowest BCUT2D eigenvalue weighted by Crippen LogP contribution is -2.25. The minimum absolute atomic E-state index is 0.720. The van der Waals surface area contributed by atoms with Crippen molar-refractivity contribution in [1.82, 2.24) is 10.6 Å². The van der Waals surface area contributed by atoms with Crippen molar-refractivity contribution < 1.29 is 0 Å². The van der Waals surface area contributed by atoms with E-state index in [1.165, 1.54) is 51.6 Å². The van der Waals surface area contributed by atoms with E-state index in [9.17, 15) is 0 Å². The summed E-state index contributed by atoms with van der Waals surface area (Å²) < 4.78 is 0. The molecule has 0 aromatic rings. The smallest absolute Gasteiger partial charge is 0.000781 e. The predicted molar refractivity (Wildman–Crippen MR) is 62.6 cm³/mol. The van der Waals surface area contributed by atoms with Crippen molar-refractivity contribution in [2.75, 3.05) is 26.7 Å². The van der Waals surface area contributed by atoms with E-state index in [4.69, 9.17) is 0 Å². The zero-order valence-electron chi connectivity index (χ0n) is 9.86. The lowest BCUT2D eigenvalue weighted by molar-refractivity contribution is 0.418. The van der Waals surface area contributed by atoms with Gasteiger partial charge in [0.2, 0.25) is 0 Å². The highest BCUT2D eigenvalue weighted by Crippen LogP contribution is 2.48. The van der Waals surface area contributed by atoms with Crippen LogP contribution in [-0.4, -0.2) is 26.7 Å². The molecule has 0 unspecified atom stereocenters. The molecule has 2 N–H and O–H groups in total. The molecule has 0 aromatic carbocycles. The van der Waals surface area contributed by atoms with Crippen LogP contribution in [0.15, 0.2) is 0 Å². The van der Waals surface area contributed by atoms with Gasteiger partial charge < -0.3 is 10.6 Å². The summed E-state index contributed by atoms with van der Waals surface area (Å²) >= 11 is 0. The number of rotatable bonds is 9. The average molecular weight is 198 g/mol. The van der Waals surface area contributed by atoms with E-state index in [0.717, 1.165) is 12.0 Å². The Labute approximate surface area is 88.8 Å². The Hall–Kier alpha value is -0.0800. The van der Waals surface area contributed by atoms with Crippen LogP contribution >= 0.6 is 0 Å². The SMILES string of the molecule is CCCC1(CNCCCCNC)CC1. The molecule has 0 amide bonds. The Kier molecular flexibility index (Phi) is 5.49. The third kappa shape index (κ3) is 4.43. The summed E-state index contributed by atoms with van der Waals surface area (Å²) in [7, 11) is 2.02. The van der Waals surface area contributed by atoms with Crippen molar-refractivity contribution in [2.45, 2.75) is 45.4 Å². The maximum absolute atomic E-state index is 3.60. The Bertz CT molecular complexity index is 141. The predicted octanol–water partition coefficient (Wildman–Crippen LogP) is 2.16. The van der Waals surface area contributed by atoms with Gasteiger partial charge >= 0.3 is 0 Å². The van der Waals surface area contributed by atoms with E-state index in [0.29, 0.717) is 0 Å². The van der Waals surface area contributed by atoms with Crippen molar-refractivity contribution in [1.29, 1.82) is 0 Å². The van der Waals surface area contributed by atoms with Crippen LogP contribution in [0.3, 0.4) is 0 Å². The minimum atomic E-state index is 0.720. The summed E-state index contributed by atoms with van der Waals surface area (Å²) in [4.78, 5) is 0. The number of hydrogen-bond acceptors (Lipinski definition) is 2. The van der Waals surface area contributed by atoms with Gasteiger partial charge in [-0.15, -0.1) is 0 Å². The summed E-state index contributed by atoms with van der Waals surface area (Å²) in [5.74, 6) is 0. The summed E-state index contributed by atoms with van der Waals surface area (Å²) in [6.07, 6.45) is 8.31. The molecule has 0 aliphatic heterocycles. The van der Waals surface area contributed by atoms with Crippen LogP contribution in [0.1, 0.15) is 45.4 Å². The Morgan fingerprint density at radius 1 is 1.14 bits per heavy atom. The zero-order valence-corrected chi connectivity index (χ0v) is 9.86. The van der Waals surface area contributed by atoms with Crippen LogP contribution in [0.5, 0.6) is 0 Å². The van der Waals surface area contributed by atoms with Crippen LogP contribution < -0.4 is 10.6 Å². The van der Waals surface area contributed by atoms with Crippen LogP contribution in [0.4, 0.5) is 0 Å². The van der Waals surface area contributed by atoms with Crippen LogP contribution in [0.25, 0.3) is 0 Å². The van der Waals surface area contributed by atoms with E-state index >= 15 is 0 Å². The van der Waals surface area contributed by atoms with Crippen molar-refractivity contribution >= 4 is 0 Å². The van der Waals surface area contributed by atoms with Crippen LogP contribution in [-0.2, 0) is 0 Å². The van der Waals surface area contributed by atoms with Gasteiger partial charge in [-0.05, 0) is 57.7 Å². The fourth-order valence-corrected chi connectivity index (χ4v) is 2.13. The molecule has 2 nitrogen and oxygen atoms in total. The molecule has 0 saturated heterocycles. The molecule has 14 heavy (non-hydrogen) atoms. The first-order valence-electron chi connectivity index (χ1n) is 6.18. The van der Waals surface area contributed by atoms with Crippen molar-refractivity contribution in [3.05, 3.63) is 0 Å². The van der Waals surface area contributed by atoms with Gasteiger partial charge in [0.25, 0.3) is 0 Å². The minimum Gasteiger partial charge on any atom is -0.320 e. The second kappa shape index (κ2) is 6.41. The van der Waals surface area contributed by atoms with E-state index < -0.39 is 0 Å². The molecule has 1 rings (SSSR count). The summed E-state index contributed by atoms with van der Waals surface area (Å²) in [6, 6.07) is 0. The maximum atomic E-state index is 3.60. The molecule has 0 radical (unpaired) electrons. The summed E-state index contributed by atoms with van der Waals surface area (Å²) in [6.45, 7) is 5.92. The Balaban J connectivity index is 1.88. The highest BCUT2D eigenvalue weighted by atomic mass is 14.9. The standard InChI is InChI=1S/C12H26N2/c1-3-6-12(7-8-12)11-14-10-5-4-9-13-2/h13-14H,3-11H2,1-2H3. The van der Waals surface area contributed by atoms with Gasteiger partial charge in [0, 0.05) is 6.54 Å². The molecule has 1 saturated carbocycles. The average Bonchev–Trinajstić information content (AvgIpc) is 2.93. The third-order valence-electron chi connectivity index (χ3n) is 3.27. The van der Waals surface area contributed by atoms with Crippen molar-refractivity contribution in [2.24, 2.45) is 5.41 Å². The molecular formula is C12H26N2. The molecule has 84 valence electrons. The molecule has 0 aromatic heterocycles. The summed E-state index contributed by atoms with van der Waals surface area (Å²) in [5.41, 5.74) is 0.720. The van der Waals surface area contributed by atoms with Crippen LogP contribution in [0, 0.1) is 5.41 Å². The Morgan fingerprint density at radius 2 is 1.86 bits per heavy atom. The normalized spacial score (nSPS) is 18.4. The lowest BCUT2D eigenvalue weighted by atomic mass is 10.0. The van der Waals surface area contributed by atoms with E-state index in [-0.39, 0.29) is 0 Å². The molecule has 0 bridgehead atoms. The monoisotopic (exact) mass is 198 g/mol. The quantitative estimate of drug-likeness (QED) is 0.555. The van der Waals surface area contributed by atoms with Gasteiger partial charge in [0.15, 0.2) is 0 Å².